The van der Waals surface area contributed by atoms with Crippen LogP contribution in [0.4, 0.5) is 5.69 Å². The van der Waals surface area contributed by atoms with E-state index in [9.17, 15) is 20.0 Å². The van der Waals surface area contributed by atoms with Crippen molar-refractivity contribution < 1.29 is 14.8 Å². The van der Waals surface area contributed by atoms with Crippen LogP contribution in [0, 0.1) is 17.0 Å². The molecule has 6 nitrogen and oxygen atoms in total. The zero-order chi connectivity index (χ0) is 14.1. The smallest absolute Gasteiger partial charge is 0.283 e. The van der Waals surface area contributed by atoms with E-state index in [-0.39, 0.29) is 18.1 Å². The van der Waals surface area contributed by atoms with Crippen LogP contribution in [-0.4, -0.2) is 40.0 Å². The summed E-state index contributed by atoms with van der Waals surface area (Å²) in [4.78, 5) is 24.4. The van der Waals surface area contributed by atoms with Crippen LogP contribution in [0.15, 0.2) is 6.07 Å². The molecule has 1 aromatic rings. The highest BCUT2D eigenvalue weighted by Crippen LogP contribution is 2.28. The van der Waals surface area contributed by atoms with Crippen molar-refractivity contribution in [1.29, 1.82) is 0 Å². The molecule has 1 amide bonds. The van der Waals surface area contributed by atoms with Gasteiger partial charge in [0.1, 0.15) is 0 Å². The number of hydrogen-bond acceptors (Lipinski definition) is 5. The monoisotopic (exact) mass is 272 g/mol. The maximum atomic E-state index is 12.0. The molecule has 0 bridgehead atoms. The third-order valence-electron chi connectivity index (χ3n) is 2.27. The number of nitro groups is 1. The lowest BCUT2D eigenvalue weighted by atomic mass is 10.1. The molecule has 1 N–H and O–H groups in total. The molecule has 7 heteroatoms. The molecule has 1 heterocycles. The Labute approximate surface area is 109 Å². The van der Waals surface area contributed by atoms with Crippen molar-refractivity contribution in [2.75, 3.05) is 13.6 Å². The van der Waals surface area contributed by atoms with Gasteiger partial charge in [-0.1, -0.05) is 0 Å². The highest BCUT2D eigenvalue weighted by atomic mass is 32.1. The van der Waals surface area contributed by atoms with Crippen molar-refractivity contribution >= 4 is 22.9 Å². The van der Waals surface area contributed by atoms with Crippen LogP contribution in [0.25, 0.3) is 0 Å². The summed E-state index contributed by atoms with van der Waals surface area (Å²) >= 11 is 1.09. The fraction of sp³-hybridized carbons (Fsp3) is 0.545. The van der Waals surface area contributed by atoms with Crippen molar-refractivity contribution in [2.24, 2.45) is 0 Å². The van der Waals surface area contributed by atoms with Gasteiger partial charge in [0.15, 0.2) is 0 Å². The Balaban J connectivity index is 2.91. The Morgan fingerprint density at radius 1 is 1.61 bits per heavy atom. The second-order valence-electron chi connectivity index (χ2n) is 4.78. The van der Waals surface area contributed by atoms with Crippen LogP contribution >= 0.6 is 11.3 Å². The minimum atomic E-state index is -0.997. The van der Waals surface area contributed by atoms with Crippen molar-refractivity contribution in [3.05, 3.63) is 25.9 Å². The number of aliphatic hydroxyl groups is 1. The van der Waals surface area contributed by atoms with Gasteiger partial charge in [-0.25, -0.2) is 0 Å². The van der Waals surface area contributed by atoms with Gasteiger partial charge in [-0.2, -0.15) is 0 Å². The number of carbonyl (C=O) groups excluding carboxylic acids is 1. The van der Waals surface area contributed by atoms with E-state index in [1.165, 1.54) is 11.0 Å². The van der Waals surface area contributed by atoms with Crippen molar-refractivity contribution in [1.82, 2.24) is 4.90 Å². The van der Waals surface area contributed by atoms with Crippen molar-refractivity contribution in [2.45, 2.75) is 26.4 Å². The number of likely N-dealkylation sites (N-methyl/N-ethyl adjacent to an activating group) is 1. The summed E-state index contributed by atoms with van der Waals surface area (Å²) in [6.45, 7) is 4.96. The van der Waals surface area contributed by atoms with E-state index in [1.807, 2.05) is 0 Å². The van der Waals surface area contributed by atoms with Crippen molar-refractivity contribution in [3.8, 4) is 0 Å². The summed E-state index contributed by atoms with van der Waals surface area (Å²) in [5.74, 6) is -0.321. The third-order valence-corrected chi connectivity index (χ3v) is 3.30. The maximum absolute atomic E-state index is 12.0. The van der Waals surface area contributed by atoms with E-state index in [1.54, 1.807) is 27.8 Å². The van der Waals surface area contributed by atoms with E-state index in [4.69, 9.17) is 0 Å². The number of carbonyl (C=O) groups is 1. The highest BCUT2D eigenvalue weighted by molar-refractivity contribution is 7.14. The lowest BCUT2D eigenvalue weighted by Crippen LogP contribution is -2.39. The molecule has 0 aromatic carbocycles. The third kappa shape index (κ3) is 3.51. The molecule has 0 fully saturated rings. The largest absolute Gasteiger partial charge is 0.389 e. The van der Waals surface area contributed by atoms with Gasteiger partial charge < -0.3 is 10.0 Å². The van der Waals surface area contributed by atoms with Crippen LogP contribution in [0.1, 0.15) is 28.4 Å². The van der Waals surface area contributed by atoms with E-state index >= 15 is 0 Å². The molecule has 1 aromatic heterocycles. The van der Waals surface area contributed by atoms with Crippen LogP contribution in [0.5, 0.6) is 0 Å². The van der Waals surface area contributed by atoms with E-state index in [0.717, 1.165) is 11.3 Å². The average molecular weight is 272 g/mol. The predicted octanol–water partition coefficient (Wildman–Crippen LogP) is 1.81. The van der Waals surface area contributed by atoms with Gasteiger partial charge in [-0.15, -0.1) is 11.3 Å². The van der Waals surface area contributed by atoms with Crippen LogP contribution in [0.3, 0.4) is 0 Å². The maximum Gasteiger partial charge on any atom is 0.283 e. The van der Waals surface area contributed by atoms with Gasteiger partial charge in [0.05, 0.1) is 20.3 Å². The molecule has 0 unspecified atom stereocenters. The Bertz CT molecular complexity index is 476. The summed E-state index contributed by atoms with van der Waals surface area (Å²) in [6.07, 6.45) is 0. The minimum absolute atomic E-state index is 0.0417. The molecule has 0 aliphatic rings. The fourth-order valence-corrected chi connectivity index (χ4v) is 2.58. The quantitative estimate of drug-likeness (QED) is 0.669. The Morgan fingerprint density at radius 2 is 2.17 bits per heavy atom. The minimum Gasteiger partial charge on any atom is -0.389 e. The number of nitrogens with zero attached hydrogens (tertiary/aromatic N) is 2. The Kier molecular flexibility index (Phi) is 4.08. The van der Waals surface area contributed by atoms with Gasteiger partial charge in [-0.05, 0) is 20.8 Å². The SMILES string of the molecule is Cc1sc(C(=O)N(C)CC(C)(C)O)cc1[N+](=O)[O-]. The second-order valence-corrected chi connectivity index (χ2v) is 6.04. The number of aryl methyl sites for hydroxylation is 1. The first-order valence-electron chi connectivity index (χ1n) is 5.34. The lowest BCUT2D eigenvalue weighted by Gasteiger charge is -2.25. The second kappa shape index (κ2) is 5.03. The first-order valence-corrected chi connectivity index (χ1v) is 6.16. The summed E-state index contributed by atoms with van der Waals surface area (Å²) in [5.41, 5.74) is -1.04. The van der Waals surface area contributed by atoms with Gasteiger partial charge in [0, 0.05) is 19.7 Å². The zero-order valence-corrected chi connectivity index (χ0v) is 11.6. The number of amides is 1. The Hall–Kier alpha value is -1.47. The lowest BCUT2D eigenvalue weighted by molar-refractivity contribution is -0.385. The van der Waals surface area contributed by atoms with Gasteiger partial charge in [-0.3, -0.25) is 14.9 Å². The van der Waals surface area contributed by atoms with E-state index in [2.05, 4.69) is 0 Å². The predicted molar refractivity (Wildman–Crippen MR) is 69.0 cm³/mol. The van der Waals surface area contributed by atoms with E-state index < -0.39 is 10.5 Å². The molecule has 0 radical (unpaired) electrons. The fourth-order valence-electron chi connectivity index (χ4n) is 1.60. The molecule has 18 heavy (non-hydrogen) atoms. The molecule has 0 spiro atoms. The number of rotatable bonds is 4. The molecular weight excluding hydrogens is 256 g/mol. The summed E-state index contributed by atoms with van der Waals surface area (Å²) in [6, 6.07) is 1.28. The van der Waals surface area contributed by atoms with Crippen molar-refractivity contribution in [3.63, 3.8) is 0 Å². The summed E-state index contributed by atoms with van der Waals surface area (Å²) in [7, 11) is 1.56. The molecule has 0 aliphatic carbocycles. The molecule has 0 saturated heterocycles. The topological polar surface area (TPSA) is 83.7 Å². The molecule has 100 valence electrons. The average Bonchev–Trinajstić information content (AvgIpc) is 2.56. The summed E-state index contributed by atoms with van der Waals surface area (Å²) in [5, 5.41) is 20.3. The molecule has 0 aliphatic heterocycles. The molecule has 1 rings (SSSR count). The van der Waals surface area contributed by atoms with Gasteiger partial charge >= 0.3 is 0 Å². The Morgan fingerprint density at radius 3 is 2.56 bits per heavy atom. The normalized spacial score (nSPS) is 11.4. The van der Waals surface area contributed by atoms with Crippen LogP contribution in [-0.2, 0) is 0 Å². The van der Waals surface area contributed by atoms with Crippen LogP contribution < -0.4 is 0 Å². The van der Waals surface area contributed by atoms with E-state index in [0.29, 0.717) is 9.75 Å². The standard InChI is InChI=1S/C11H16N2O4S/c1-7-8(13(16)17)5-9(18-7)10(14)12(4)6-11(2,3)15/h5,15H,6H2,1-4H3. The first kappa shape index (κ1) is 14.6. The summed E-state index contributed by atoms with van der Waals surface area (Å²) < 4.78 is 0. The van der Waals surface area contributed by atoms with Gasteiger partial charge in [0.2, 0.25) is 0 Å². The number of hydrogen-bond donors (Lipinski definition) is 1. The molecular formula is C11H16N2O4S. The first-order chi connectivity index (χ1) is 8.11. The van der Waals surface area contributed by atoms with Crippen LogP contribution in [0.2, 0.25) is 0 Å². The molecule has 0 atom stereocenters. The highest BCUT2D eigenvalue weighted by Gasteiger charge is 2.24. The molecule has 0 saturated carbocycles. The van der Waals surface area contributed by atoms with Gasteiger partial charge in [0.25, 0.3) is 11.6 Å². The number of thiophene rings is 1. The zero-order valence-electron chi connectivity index (χ0n) is 10.8.